The summed E-state index contributed by atoms with van der Waals surface area (Å²) in [6, 6.07) is 11.9. The van der Waals surface area contributed by atoms with Crippen molar-refractivity contribution in [1.82, 2.24) is 15.1 Å². The first-order chi connectivity index (χ1) is 15.3. The summed E-state index contributed by atoms with van der Waals surface area (Å²) in [5, 5.41) is 10.3. The van der Waals surface area contributed by atoms with Crippen LogP contribution in [-0.4, -0.2) is 41.9 Å². The monoisotopic (exact) mass is 434 g/mol. The Hall–Kier alpha value is -3.81. The zero-order valence-corrected chi connectivity index (χ0v) is 18.7. The van der Waals surface area contributed by atoms with Gasteiger partial charge in [0.1, 0.15) is 11.9 Å². The molecule has 0 radical (unpaired) electrons. The molecule has 0 saturated heterocycles. The minimum atomic E-state index is -0.837. The van der Waals surface area contributed by atoms with E-state index in [4.69, 9.17) is 9.47 Å². The smallest absolute Gasteiger partial charge is 0.251 e. The number of nitrogens with zero attached hydrogens (tertiary/aromatic N) is 2. The summed E-state index contributed by atoms with van der Waals surface area (Å²) in [6.07, 6.45) is 0. The molecule has 8 heteroatoms. The van der Waals surface area contributed by atoms with Gasteiger partial charge in [-0.15, -0.1) is 0 Å². The number of benzene rings is 2. The Balaban J connectivity index is 1.81. The highest BCUT2D eigenvalue weighted by Crippen LogP contribution is 2.41. The Kier molecular flexibility index (Phi) is 5.61. The Labute approximate surface area is 186 Å². The van der Waals surface area contributed by atoms with Crippen molar-refractivity contribution in [3.8, 4) is 11.5 Å². The third-order valence-corrected chi connectivity index (χ3v) is 5.77. The first-order valence-electron chi connectivity index (χ1n) is 10.3. The molecule has 166 valence electrons. The molecule has 2 aromatic carbocycles. The zero-order chi connectivity index (χ0) is 23.0. The molecule has 1 aliphatic rings. The van der Waals surface area contributed by atoms with Crippen molar-refractivity contribution in [3.05, 3.63) is 70.4 Å². The van der Waals surface area contributed by atoms with Crippen LogP contribution < -0.4 is 20.1 Å². The topological polar surface area (TPSA) is 94.5 Å². The van der Waals surface area contributed by atoms with Gasteiger partial charge in [0, 0.05) is 24.1 Å². The van der Waals surface area contributed by atoms with Crippen LogP contribution in [0.4, 0.5) is 5.82 Å². The second-order valence-corrected chi connectivity index (χ2v) is 7.87. The van der Waals surface area contributed by atoms with Crippen molar-refractivity contribution < 1.29 is 19.1 Å². The number of nitrogens with one attached hydrogen (secondary N) is 2. The molecular formula is C24H26N4O4. The third kappa shape index (κ3) is 3.68. The highest BCUT2D eigenvalue weighted by molar-refractivity contribution is 6.04. The van der Waals surface area contributed by atoms with Crippen molar-refractivity contribution in [3.63, 3.8) is 0 Å². The van der Waals surface area contributed by atoms with Crippen LogP contribution in [0.15, 0.2) is 42.5 Å². The molecule has 2 heterocycles. The van der Waals surface area contributed by atoms with Crippen molar-refractivity contribution in [2.45, 2.75) is 25.8 Å². The minimum Gasteiger partial charge on any atom is -0.493 e. The lowest BCUT2D eigenvalue weighted by molar-refractivity contribution is -0.118. The molecule has 1 aliphatic heterocycles. The van der Waals surface area contributed by atoms with E-state index in [1.54, 1.807) is 44.1 Å². The molecule has 2 atom stereocenters. The summed E-state index contributed by atoms with van der Waals surface area (Å²) in [6.45, 7) is 3.81. The molecule has 4 rings (SSSR count). The van der Waals surface area contributed by atoms with Crippen LogP contribution in [0, 0.1) is 13.8 Å². The maximum Gasteiger partial charge on any atom is 0.251 e. The van der Waals surface area contributed by atoms with E-state index in [9.17, 15) is 9.59 Å². The van der Waals surface area contributed by atoms with E-state index in [0.29, 0.717) is 22.9 Å². The fourth-order valence-corrected chi connectivity index (χ4v) is 4.27. The molecule has 32 heavy (non-hydrogen) atoms. The number of anilines is 1. The summed E-state index contributed by atoms with van der Waals surface area (Å²) in [4.78, 5) is 26.2. The van der Waals surface area contributed by atoms with E-state index in [2.05, 4.69) is 15.7 Å². The summed E-state index contributed by atoms with van der Waals surface area (Å²) in [7, 11) is 4.91. The first-order valence-corrected chi connectivity index (χ1v) is 10.3. The second-order valence-electron chi connectivity index (χ2n) is 7.87. The van der Waals surface area contributed by atoms with Gasteiger partial charge in [0.25, 0.3) is 5.91 Å². The number of amides is 2. The predicted molar refractivity (Wildman–Crippen MR) is 120 cm³/mol. The number of rotatable bonds is 5. The predicted octanol–water partition coefficient (Wildman–Crippen LogP) is 2.94. The van der Waals surface area contributed by atoms with Crippen LogP contribution in [0.25, 0.3) is 0 Å². The lowest BCUT2D eigenvalue weighted by atomic mass is 9.81. The standard InChI is InChI=1S/C24H26N4O4/c1-13-7-6-8-16(11-13)23(29)25-21-20(15-9-10-17(31-4)18(12-15)32-5)19-14(2)27-28(3)22(19)26-24(21)30/h6-12,20-21H,1-5H3,(H,25,29)(H,26,30). The molecule has 0 bridgehead atoms. The molecule has 0 aliphatic carbocycles. The van der Waals surface area contributed by atoms with Gasteiger partial charge in [-0.3, -0.25) is 14.3 Å². The summed E-state index contributed by atoms with van der Waals surface area (Å²) >= 11 is 0. The molecule has 2 unspecified atom stereocenters. The molecule has 1 aromatic heterocycles. The summed E-state index contributed by atoms with van der Waals surface area (Å²) in [5.41, 5.74) is 3.90. The average Bonchev–Trinajstić information content (AvgIpc) is 3.06. The molecule has 2 N–H and O–H groups in total. The number of hydrogen-bond donors (Lipinski definition) is 2. The van der Waals surface area contributed by atoms with Gasteiger partial charge >= 0.3 is 0 Å². The average molecular weight is 434 g/mol. The maximum atomic E-state index is 13.2. The van der Waals surface area contributed by atoms with Gasteiger partial charge in [-0.05, 0) is 43.7 Å². The van der Waals surface area contributed by atoms with Crippen LogP contribution in [0.5, 0.6) is 11.5 Å². The number of hydrogen-bond acceptors (Lipinski definition) is 5. The lowest BCUT2D eigenvalue weighted by Gasteiger charge is -2.33. The number of aromatic nitrogens is 2. The molecule has 8 nitrogen and oxygen atoms in total. The zero-order valence-electron chi connectivity index (χ0n) is 18.7. The molecule has 0 spiro atoms. The number of methoxy groups -OCH3 is 2. The van der Waals surface area contributed by atoms with E-state index >= 15 is 0 Å². The minimum absolute atomic E-state index is 0.304. The van der Waals surface area contributed by atoms with Crippen LogP contribution in [0.2, 0.25) is 0 Å². The van der Waals surface area contributed by atoms with E-state index in [1.807, 2.05) is 38.1 Å². The van der Waals surface area contributed by atoms with Crippen LogP contribution >= 0.6 is 0 Å². The molecule has 0 fully saturated rings. The fraction of sp³-hybridized carbons (Fsp3) is 0.292. The summed E-state index contributed by atoms with van der Waals surface area (Å²) in [5.74, 6) is 0.669. The Morgan fingerprint density at radius 3 is 2.53 bits per heavy atom. The highest BCUT2D eigenvalue weighted by Gasteiger charge is 2.41. The van der Waals surface area contributed by atoms with Gasteiger partial charge in [0.15, 0.2) is 11.5 Å². The maximum absolute atomic E-state index is 13.2. The van der Waals surface area contributed by atoms with E-state index in [1.165, 1.54) is 0 Å². The number of aryl methyl sites for hydroxylation is 3. The summed E-state index contributed by atoms with van der Waals surface area (Å²) < 4.78 is 12.5. The van der Waals surface area contributed by atoms with E-state index in [0.717, 1.165) is 22.4 Å². The second kappa shape index (κ2) is 8.37. The highest BCUT2D eigenvalue weighted by atomic mass is 16.5. The lowest BCUT2D eigenvalue weighted by Crippen LogP contribution is -2.50. The fourth-order valence-electron chi connectivity index (χ4n) is 4.27. The molecule has 0 saturated carbocycles. The Morgan fingerprint density at radius 2 is 1.84 bits per heavy atom. The third-order valence-electron chi connectivity index (χ3n) is 5.77. The van der Waals surface area contributed by atoms with Crippen molar-refractivity contribution in [1.29, 1.82) is 0 Å². The number of carbonyl (C=O) groups excluding carboxylic acids is 2. The normalized spacial score (nSPS) is 17.3. The Morgan fingerprint density at radius 1 is 1.09 bits per heavy atom. The number of fused-ring (bicyclic) bond motifs is 1. The quantitative estimate of drug-likeness (QED) is 0.644. The van der Waals surface area contributed by atoms with Gasteiger partial charge < -0.3 is 20.1 Å². The molecule has 3 aromatic rings. The van der Waals surface area contributed by atoms with E-state index < -0.39 is 12.0 Å². The molecular weight excluding hydrogens is 408 g/mol. The Bertz CT molecular complexity index is 1200. The SMILES string of the molecule is COc1ccc(C2c3c(C)nn(C)c3NC(=O)C2NC(=O)c2cccc(C)c2)cc1OC. The van der Waals surface area contributed by atoms with Gasteiger partial charge in [-0.1, -0.05) is 23.8 Å². The van der Waals surface area contributed by atoms with Crippen molar-refractivity contribution in [2.75, 3.05) is 19.5 Å². The van der Waals surface area contributed by atoms with Gasteiger partial charge in [-0.25, -0.2) is 0 Å². The van der Waals surface area contributed by atoms with Gasteiger partial charge in [0.05, 0.1) is 19.9 Å². The van der Waals surface area contributed by atoms with Crippen molar-refractivity contribution in [2.24, 2.45) is 7.05 Å². The van der Waals surface area contributed by atoms with Crippen LogP contribution in [0.3, 0.4) is 0 Å². The van der Waals surface area contributed by atoms with Crippen LogP contribution in [-0.2, 0) is 11.8 Å². The van der Waals surface area contributed by atoms with Crippen molar-refractivity contribution >= 4 is 17.6 Å². The largest absolute Gasteiger partial charge is 0.493 e. The van der Waals surface area contributed by atoms with Gasteiger partial charge in [-0.2, -0.15) is 5.10 Å². The van der Waals surface area contributed by atoms with E-state index in [-0.39, 0.29) is 11.8 Å². The number of carbonyl (C=O) groups is 2. The van der Waals surface area contributed by atoms with Crippen LogP contribution in [0.1, 0.15) is 38.7 Å². The van der Waals surface area contributed by atoms with Gasteiger partial charge in [0.2, 0.25) is 5.91 Å². The number of ether oxygens (including phenoxy) is 2. The molecule has 2 amide bonds. The first kappa shape index (κ1) is 21.4.